The highest BCUT2D eigenvalue weighted by Crippen LogP contribution is 2.23. The van der Waals surface area contributed by atoms with Gasteiger partial charge in [-0.3, -0.25) is 4.79 Å². The van der Waals surface area contributed by atoms with E-state index in [9.17, 15) is 9.59 Å². The van der Waals surface area contributed by atoms with Crippen LogP contribution in [0.15, 0.2) is 18.2 Å². The Hall–Kier alpha value is -1.84. The van der Waals surface area contributed by atoms with E-state index in [1.54, 1.807) is 6.07 Å². The van der Waals surface area contributed by atoms with E-state index >= 15 is 0 Å². The number of nitrogens with zero attached hydrogens (tertiary/aromatic N) is 1. The fourth-order valence-electron chi connectivity index (χ4n) is 1.72. The number of aryl methyl sites for hydroxylation is 2. The van der Waals surface area contributed by atoms with Crippen molar-refractivity contribution in [1.29, 1.82) is 0 Å². The number of amides is 1. The molecule has 0 aromatic heterocycles. The third-order valence-electron chi connectivity index (χ3n) is 2.53. The molecule has 1 unspecified atom stereocenters. The van der Waals surface area contributed by atoms with Crippen LogP contribution in [-0.4, -0.2) is 29.4 Å². The van der Waals surface area contributed by atoms with Crippen molar-refractivity contribution >= 4 is 12.4 Å². The van der Waals surface area contributed by atoms with E-state index in [1.807, 2.05) is 26.0 Å². The summed E-state index contributed by atoms with van der Waals surface area (Å²) >= 11 is 0. The fourth-order valence-corrected chi connectivity index (χ4v) is 1.72. The highest BCUT2D eigenvalue weighted by molar-refractivity contribution is 5.78. The van der Waals surface area contributed by atoms with Gasteiger partial charge in [0.1, 0.15) is 0 Å². The predicted octanol–water partition coefficient (Wildman–Crippen LogP) is 1.52. The van der Waals surface area contributed by atoms with E-state index in [4.69, 9.17) is 5.11 Å². The average molecular weight is 221 g/mol. The molecule has 0 bridgehead atoms. The first-order valence-corrected chi connectivity index (χ1v) is 4.94. The molecule has 0 aliphatic rings. The minimum Gasteiger partial charge on any atom is -0.479 e. The predicted molar refractivity (Wildman–Crippen MR) is 60.1 cm³/mol. The fraction of sp³-hybridized carbons (Fsp3) is 0.333. The summed E-state index contributed by atoms with van der Waals surface area (Å²) in [6, 6.07) is 4.59. The van der Waals surface area contributed by atoms with Crippen LogP contribution in [0.1, 0.15) is 22.7 Å². The highest BCUT2D eigenvalue weighted by atomic mass is 16.4. The second-order valence-electron chi connectivity index (χ2n) is 3.87. The average Bonchev–Trinajstić information content (AvgIpc) is 2.21. The number of carbonyl (C=O) groups excluding carboxylic acids is 1. The summed E-state index contributed by atoms with van der Waals surface area (Å²) in [6.45, 7) is 3.78. The topological polar surface area (TPSA) is 57.6 Å². The van der Waals surface area contributed by atoms with Crippen LogP contribution in [0.3, 0.4) is 0 Å². The number of carbonyl (C=O) groups is 2. The molecule has 1 amide bonds. The Morgan fingerprint density at radius 1 is 1.44 bits per heavy atom. The molecule has 0 aliphatic carbocycles. The zero-order chi connectivity index (χ0) is 12.3. The van der Waals surface area contributed by atoms with Crippen LogP contribution < -0.4 is 0 Å². The lowest BCUT2D eigenvalue weighted by Gasteiger charge is -2.22. The highest BCUT2D eigenvalue weighted by Gasteiger charge is 2.25. The lowest BCUT2D eigenvalue weighted by atomic mass is 9.98. The summed E-state index contributed by atoms with van der Waals surface area (Å²) in [5, 5.41) is 9.12. The summed E-state index contributed by atoms with van der Waals surface area (Å²) in [5.41, 5.74) is 2.59. The molecule has 0 saturated heterocycles. The van der Waals surface area contributed by atoms with Gasteiger partial charge in [0.05, 0.1) is 0 Å². The zero-order valence-corrected chi connectivity index (χ0v) is 9.60. The normalized spacial score (nSPS) is 11.9. The number of likely N-dealkylation sites (N-methyl/N-ethyl adjacent to an activating group) is 1. The molecule has 16 heavy (non-hydrogen) atoms. The Morgan fingerprint density at radius 2 is 2.06 bits per heavy atom. The number of benzene rings is 1. The second kappa shape index (κ2) is 4.79. The molecule has 1 N–H and O–H groups in total. The largest absolute Gasteiger partial charge is 0.479 e. The van der Waals surface area contributed by atoms with Gasteiger partial charge in [0.25, 0.3) is 0 Å². The van der Waals surface area contributed by atoms with Gasteiger partial charge in [-0.2, -0.15) is 0 Å². The Bertz CT molecular complexity index is 415. The smallest absolute Gasteiger partial charge is 0.331 e. The van der Waals surface area contributed by atoms with Gasteiger partial charge in [-0.1, -0.05) is 23.8 Å². The molecule has 86 valence electrons. The van der Waals surface area contributed by atoms with Crippen LogP contribution in [-0.2, 0) is 9.59 Å². The standard InChI is InChI=1S/C12H15NO3/c1-8-4-5-10(9(2)6-8)11(12(15)16)13(3)7-14/h4-7,11H,1-3H3,(H,15,16). The minimum atomic E-state index is -1.03. The summed E-state index contributed by atoms with van der Waals surface area (Å²) in [4.78, 5) is 23.0. The summed E-state index contributed by atoms with van der Waals surface area (Å²) in [5.74, 6) is -1.03. The molecular weight excluding hydrogens is 206 g/mol. The first-order chi connectivity index (χ1) is 7.47. The number of carboxylic acids is 1. The molecule has 0 fully saturated rings. The molecular formula is C12H15NO3. The van der Waals surface area contributed by atoms with Gasteiger partial charge in [-0.25, -0.2) is 4.79 Å². The van der Waals surface area contributed by atoms with E-state index in [-0.39, 0.29) is 0 Å². The summed E-state index contributed by atoms with van der Waals surface area (Å²) < 4.78 is 0. The van der Waals surface area contributed by atoms with Crippen LogP contribution in [0.2, 0.25) is 0 Å². The molecule has 1 aromatic rings. The van der Waals surface area contributed by atoms with Gasteiger partial charge < -0.3 is 10.0 Å². The lowest BCUT2D eigenvalue weighted by molar-refractivity contribution is -0.145. The molecule has 0 heterocycles. The lowest BCUT2D eigenvalue weighted by Crippen LogP contribution is -2.30. The van der Waals surface area contributed by atoms with Gasteiger partial charge in [0, 0.05) is 7.05 Å². The van der Waals surface area contributed by atoms with E-state index in [2.05, 4.69) is 0 Å². The molecule has 0 aliphatic heterocycles. The maximum atomic E-state index is 11.1. The van der Waals surface area contributed by atoms with E-state index in [1.165, 1.54) is 7.05 Å². The monoisotopic (exact) mass is 221 g/mol. The van der Waals surface area contributed by atoms with Crippen LogP contribution in [0.5, 0.6) is 0 Å². The Balaban J connectivity index is 3.21. The second-order valence-corrected chi connectivity index (χ2v) is 3.87. The molecule has 1 aromatic carbocycles. The molecule has 1 atom stereocenters. The maximum Gasteiger partial charge on any atom is 0.331 e. The number of aliphatic carboxylic acids is 1. The number of hydrogen-bond acceptors (Lipinski definition) is 2. The number of hydrogen-bond donors (Lipinski definition) is 1. The molecule has 0 spiro atoms. The van der Waals surface area contributed by atoms with E-state index in [0.29, 0.717) is 12.0 Å². The van der Waals surface area contributed by atoms with Crippen molar-refractivity contribution in [3.63, 3.8) is 0 Å². The molecule has 4 nitrogen and oxygen atoms in total. The third kappa shape index (κ3) is 2.39. The molecule has 0 radical (unpaired) electrons. The molecule has 0 saturated carbocycles. The van der Waals surface area contributed by atoms with Crippen molar-refractivity contribution < 1.29 is 14.7 Å². The third-order valence-corrected chi connectivity index (χ3v) is 2.53. The van der Waals surface area contributed by atoms with Gasteiger partial charge in [0.2, 0.25) is 6.41 Å². The SMILES string of the molecule is Cc1ccc(C(C(=O)O)N(C)C=O)c(C)c1. The zero-order valence-electron chi connectivity index (χ0n) is 9.60. The first kappa shape index (κ1) is 12.2. The first-order valence-electron chi connectivity index (χ1n) is 4.94. The number of rotatable bonds is 4. The van der Waals surface area contributed by atoms with Gasteiger partial charge >= 0.3 is 5.97 Å². The quantitative estimate of drug-likeness (QED) is 0.784. The van der Waals surface area contributed by atoms with E-state index in [0.717, 1.165) is 16.0 Å². The van der Waals surface area contributed by atoms with Crippen molar-refractivity contribution in [3.05, 3.63) is 34.9 Å². The van der Waals surface area contributed by atoms with Crippen molar-refractivity contribution in [2.75, 3.05) is 7.05 Å². The van der Waals surface area contributed by atoms with Crippen LogP contribution in [0, 0.1) is 13.8 Å². The Morgan fingerprint density at radius 3 is 2.50 bits per heavy atom. The van der Waals surface area contributed by atoms with Crippen LogP contribution in [0.25, 0.3) is 0 Å². The minimum absolute atomic E-state index is 0.526. The maximum absolute atomic E-state index is 11.1. The van der Waals surface area contributed by atoms with Crippen LogP contribution in [0.4, 0.5) is 0 Å². The van der Waals surface area contributed by atoms with Crippen molar-refractivity contribution in [3.8, 4) is 0 Å². The Labute approximate surface area is 94.5 Å². The van der Waals surface area contributed by atoms with Gasteiger partial charge in [0.15, 0.2) is 6.04 Å². The van der Waals surface area contributed by atoms with Crippen LogP contribution >= 0.6 is 0 Å². The Kier molecular flexibility index (Phi) is 3.66. The summed E-state index contributed by atoms with van der Waals surface area (Å²) in [6.07, 6.45) is 0.526. The molecule has 1 rings (SSSR count). The van der Waals surface area contributed by atoms with Crippen molar-refractivity contribution in [2.45, 2.75) is 19.9 Å². The van der Waals surface area contributed by atoms with E-state index < -0.39 is 12.0 Å². The van der Waals surface area contributed by atoms with Crippen molar-refractivity contribution in [2.24, 2.45) is 0 Å². The number of carboxylic acid groups (broad SMARTS) is 1. The van der Waals surface area contributed by atoms with Gasteiger partial charge in [-0.05, 0) is 25.0 Å². The summed E-state index contributed by atoms with van der Waals surface area (Å²) in [7, 11) is 1.46. The van der Waals surface area contributed by atoms with Gasteiger partial charge in [-0.15, -0.1) is 0 Å². The molecule has 4 heteroatoms. The van der Waals surface area contributed by atoms with Crippen molar-refractivity contribution in [1.82, 2.24) is 4.90 Å².